The highest BCUT2D eigenvalue weighted by Crippen LogP contribution is 2.32. The Labute approximate surface area is 235 Å². The maximum Gasteiger partial charge on any atom is 0.240 e. The SMILES string of the molecule is COCCCOc1cc(CC(CC(N)C(O)CC(C(=O)NC(C(N)=O)C(C)C)C(C)C)C(C)C)ccc1OC. The topological polar surface area (TPSA) is 146 Å². The summed E-state index contributed by atoms with van der Waals surface area (Å²) in [6.07, 6.45) is 1.48. The van der Waals surface area contributed by atoms with E-state index in [2.05, 4.69) is 19.2 Å². The molecule has 2 amide bonds. The predicted molar refractivity (Wildman–Crippen MR) is 155 cm³/mol. The fraction of sp³-hybridized carbons (Fsp3) is 0.733. The first kappa shape index (κ1) is 34.7. The molecule has 5 atom stereocenters. The number of amides is 2. The van der Waals surface area contributed by atoms with Gasteiger partial charge < -0.3 is 36.1 Å². The molecule has 0 heterocycles. The van der Waals surface area contributed by atoms with E-state index in [-0.39, 0.29) is 30.1 Å². The number of ether oxygens (including phenoxy) is 3. The van der Waals surface area contributed by atoms with Gasteiger partial charge in [0.1, 0.15) is 6.04 Å². The molecule has 9 heteroatoms. The van der Waals surface area contributed by atoms with Crippen molar-refractivity contribution in [3.05, 3.63) is 23.8 Å². The minimum absolute atomic E-state index is 0.0463. The third kappa shape index (κ3) is 11.7. The van der Waals surface area contributed by atoms with Crippen molar-refractivity contribution in [3.8, 4) is 11.5 Å². The van der Waals surface area contributed by atoms with Crippen molar-refractivity contribution in [2.45, 2.75) is 85.4 Å². The van der Waals surface area contributed by atoms with Crippen LogP contribution in [0.25, 0.3) is 0 Å². The zero-order valence-electron chi connectivity index (χ0n) is 25.2. The van der Waals surface area contributed by atoms with Crippen molar-refractivity contribution in [1.29, 1.82) is 0 Å². The van der Waals surface area contributed by atoms with E-state index in [9.17, 15) is 14.7 Å². The molecule has 5 unspecified atom stereocenters. The van der Waals surface area contributed by atoms with E-state index in [0.29, 0.717) is 37.1 Å². The van der Waals surface area contributed by atoms with E-state index >= 15 is 0 Å². The standard InChI is InChI=1S/C30H53N3O6/c1-18(2)22(14-21-10-11-26(38-8)27(15-21)39-13-9-12-37-7)16-24(31)25(34)17-23(19(3)4)30(36)33-28(20(5)6)29(32)35/h10-11,15,18-20,22-25,28,34H,9,12-14,16-17,31H2,1-8H3,(H2,32,35)(H,33,36). The molecule has 39 heavy (non-hydrogen) atoms. The minimum Gasteiger partial charge on any atom is -0.493 e. The van der Waals surface area contributed by atoms with Crippen molar-refractivity contribution in [1.82, 2.24) is 5.32 Å². The molecule has 9 nitrogen and oxygen atoms in total. The molecule has 6 N–H and O–H groups in total. The Hall–Kier alpha value is -2.36. The lowest BCUT2D eigenvalue weighted by Gasteiger charge is -2.31. The van der Waals surface area contributed by atoms with Crippen LogP contribution in [0.5, 0.6) is 11.5 Å². The summed E-state index contributed by atoms with van der Waals surface area (Å²) < 4.78 is 16.5. The van der Waals surface area contributed by atoms with Crippen LogP contribution in [0, 0.1) is 29.6 Å². The molecule has 0 fully saturated rings. The molecule has 0 radical (unpaired) electrons. The second-order valence-electron chi connectivity index (χ2n) is 11.6. The van der Waals surface area contributed by atoms with Crippen molar-refractivity contribution < 1.29 is 28.9 Å². The third-order valence-corrected chi connectivity index (χ3v) is 7.40. The first-order valence-electron chi connectivity index (χ1n) is 14.1. The zero-order chi connectivity index (χ0) is 29.7. The second kappa shape index (κ2) is 17.4. The van der Waals surface area contributed by atoms with Crippen molar-refractivity contribution >= 4 is 11.8 Å². The van der Waals surface area contributed by atoms with Gasteiger partial charge in [-0.25, -0.2) is 0 Å². The molecular formula is C30H53N3O6. The van der Waals surface area contributed by atoms with Gasteiger partial charge in [0.15, 0.2) is 11.5 Å². The lowest BCUT2D eigenvalue weighted by atomic mass is 9.80. The van der Waals surface area contributed by atoms with E-state index in [1.165, 1.54) is 0 Å². The Kier molecular flexibility index (Phi) is 15.4. The van der Waals surface area contributed by atoms with E-state index in [1.54, 1.807) is 14.2 Å². The van der Waals surface area contributed by atoms with Crippen LogP contribution >= 0.6 is 0 Å². The normalized spacial score (nSPS) is 15.6. The zero-order valence-corrected chi connectivity index (χ0v) is 25.2. The Morgan fingerprint density at radius 2 is 1.62 bits per heavy atom. The Balaban J connectivity index is 2.91. The van der Waals surface area contributed by atoms with Gasteiger partial charge in [0, 0.05) is 32.1 Å². The molecule has 0 spiro atoms. The number of aliphatic hydroxyl groups excluding tert-OH is 1. The number of hydrogen-bond acceptors (Lipinski definition) is 7. The molecule has 1 rings (SSSR count). The number of carbonyl (C=O) groups is 2. The van der Waals surface area contributed by atoms with Crippen LogP contribution in [-0.2, 0) is 20.7 Å². The molecule has 0 saturated carbocycles. The van der Waals surface area contributed by atoms with Crippen LogP contribution in [0.2, 0.25) is 0 Å². The average molecular weight is 552 g/mol. The van der Waals surface area contributed by atoms with Gasteiger partial charge in [0.2, 0.25) is 11.8 Å². The summed E-state index contributed by atoms with van der Waals surface area (Å²) in [5.41, 5.74) is 13.1. The first-order valence-corrected chi connectivity index (χ1v) is 14.1. The van der Waals surface area contributed by atoms with Gasteiger partial charge in [-0.05, 0) is 60.6 Å². The molecule has 0 aliphatic heterocycles. The van der Waals surface area contributed by atoms with E-state index in [1.807, 2.05) is 45.9 Å². The van der Waals surface area contributed by atoms with Crippen LogP contribution < -0.4 is 26.3 Å². The maximum absolute atomic E-state index is 13.0. The number of rotatable bonds is 19. The largest absolute Gasteiger partial charge is 0.493 e. The summed E-state index contributed by atoms with van der Waals surface area (Å²) in [6, 6.07) is 4.68. The predicted octanol–water partition coefficient (Wildman–Crippen LogP) is 3.29. The molecule has 1 aromatic carbocycles. The number of hydrogen-bond donors (Lipinski definition) is 4. The fourth-order valence-electron chi connectivity index (χ4n) is 4.69. The average Bonchev–Trinajstić information content (AvgIpc) is 2.86. The number of nitrogens with one attached hydrogen (secondary N) is 1. The number of carbonyl (C=O) groups excluding carboxylic acids is 2. The number of aliphatic hydroxyl groups is 1. The second-order valence-corrected chi connectivity index (χ2v) is 11.6. The summed E-state index contributed by atoms with van der Waals surface area (Å²) in [6.45, 7) is 13.0. The molecule has 0 bridgehead atoms. The first-order chi connectivity index (χ1) is 18.3. The highest BCUT2D eigenvalue weighted by molar-refractivity contribution is 5.87. The summed E-state index contributed by atoms with van der Waals surface area (Å²) in [7, 11) is 3.29. The van der Waals surface area contributed by atoms with Crippen LogP contribution in [0.4, 0.5) is 0 Å². The summed E-state index contributed by atoms with van der Waals surface area (Å²) in [4.78, 5) is 24.8. The molecule has 0 aromatic heterocycles. The van der Waals surface area contributed by atoms with Crippen LogP contribution in [0.3, 0.4) is 0 Å². The maximum atomic E-state index is 13.0. The van der Waals surface area contributed by atoms with Crippen LogP contribution in [-0.4, -0.2) is 62.5 Å². The van der Waals surface area contributed by atoms with Gasteiger partial charge in [-0.3, -0.25) is 9.59 Å². The van der Waals surface area contributed by atoms with E-state index in [0.717, 1.165) is 18.4 Å². The van der Waals surface area contributed by atoms with E-state index in [4.69, 9.17) is 25.7 Å². The molecular weight excluding hydrogens is 498 g/mol. The fourth-order valence-corrected chi connectivity index (χ4v) is 4.69. The molecule has 224 valence electrons. The Morgan fingerprint density at radius 1 is 0.949 bits per heavy atom. The third-order valence-electron chi connectivity index (χ3n) is 7.40. The monoisotopic (exact) mass is 551 g/mol. The van der Waals surface area contributed by atoms with Crippen LogP contribution in [0.15, 0.2) is 18.2 Å². The quantitative estimate of drug-likeness (QED) is 0.193. The molecule has 0 aliphatic carbocycles. The molecule has 0 aliphatic rings. The number of primary amides is 1. The molecule has 1 aromatic rings. The lowest BCUT2D eigenvalue weighted by Crippen LogP contribution is -2.51. The summed E-state index contributed by atoms with van der Waals surface area (Å²) in [5.74, 6) is 0.369. The van der Waals surface area contributed by atoms with Gasteiger partial charge in [-0.2, -0.15) is 0 Å². The highest BCUT2D eigenvalue weighted by atomic mass is 16.5. The highest BCUT2D eigenvalue weighted by Gasteiger charge is 2.32. The lowest BCUT2D eigenvalue weighted by molar-refractivity contribution is -0.132. The molecule has 0 saturated heterocycles. The van der Waals surface area contributed by atoms with Crippen molar-refractivity contribution in [2.75, 3.05) is 27.4 Å². The summed E-state index contributed by atoms with van der Waals surface area (Å²) in [5, 5.41) is 13.8. The smallest absolute Gasteiger partial charge is 0.240 e. The van der Waals surface area contributed by atoms with Gasteiger partial charge in [0.25, 0.3) is 0 Å². The number of methoxy groups -OCH3 is 2. The van der Waals surface area contributed by atoms with Crippen LogP contribution in [0.1, 0.15) is 66.4 Å². The van der Waals surface area contributed by atoms with Gasteiger partial charge in [0.05, 0.1) is 19.8 Å². The van der Waals surface area contributed by atoms with Gasteiger partial charge >= 0.3 is 0 Å². The minimum atomic E-state index is -0.869. The Morgan fingerprint density at radius 3 is 2.13 bits per heavy atom. The van der Waals surface area contributed by atoms with Gasteiger partial charge in [-0.1, -0.05) is 47.6 Å². The van der Waals surface area contributed by atoms with E-state index < -0.39 is 30.0 Å². The number of nitrogens with two attached hydrogens (primary N) is 2. The summed E-state index contributed by atoms with van der Waals surface area (Å²) >= 11 is 0. The van der Waals surface area contributed by atoms with Crippen molar-refractivity contribution in [3.63, 3.8) is 0 Å². The number of benzene rings is 1. The Bertz CT molecular complexity index is 876. The van der Waals surface area contributed by atoms with Gasteiger partial charge in [-0.15, -0.1) is 0 Å². The van der Waals surface area contributed by atoms with Crippen molar-refractivity contribution in [2.24, 2.45) is 41.1 Å².